The zero-order valence-electron chi connectivity index (χ0n) is 21.2. The topological polar surface area (TPSA) is 88.7 Å². The third kappa shape index (κ3) is 4.71. The Kier molecular flexibility index (Phi) is 6.34. The Bertz CT molecular complexity index is 1540. The number of carboxylic acid groups (broad SMARTS) is 1. The second kappa shape index (κ2) is 9.77. The number of fused-ring (bicyclic) bond motifs is 1. The number of ether oxygens (including phenoxy) is 1. The lowest BCUT2D eigenvalue weighted by molar-refractivity contribution is -0.0979. The van der Waals surface area contributed by atoms with Gasteiger partial charge in [0.2, 0.25) is 0 Å². The van der Waals surface area contributed by atoms with Gasteiger partial charge in [0.1, 0.15) is 11.5 Å². The summed E-state index contributed by atoms with van der Waals surface area (Å²) in [7, 11) is 0. The molecule has 2 saturated carbocycles. The van der Waals surface area contributed by atoms with Crippen molar-refractivity contribution in [1.29, 1.82) is 0 Å². The van der Waals surface area contributed by atoms with E-state index in [9.17, 15) is 9.90 Å². The van der Waals surface area contributed by atoms with Gasteiger partial charge in [-0.1, -0.05) is 45.8 Å². The van der Waals surface area contributed by atoms with Gasteiger partial charge in [-0.05, 0) is 74.3 Å². The fraction of sp³-hybridized carbons (Fsp3) is 0.414. The number of hydrogen-bond donors (Lipinski definition) is 1. The zero-order valence-corrected chi connectivity index (χ0v) is 23.5. The van der Waals surface area contributed by atoms with Crippen molar-refractivity contribution in [1.82, 2.24) is 10.1 Å². The number of nitrogens with zero attached hydrogens (tertiary/aromatic N) is 3. The van der Waals surface area contributed by atoms with E-state index in [2.05, 4.69) is 10.1 Å². The fourth-order valence-corrected chi connectivity index (χ4v) is 7.67. The summed E-state index contributed by atoms with van der Waals surface area (Å²) >= 11 is 14.6. The molecular weight excluding hydrogens is 557 g/mol. The molecule has 1 spiro atoms. The van der Waals surface area contributed by atoms with E-state index in [1.54, 1.807) is 29.5 Å². The highest BCUT2D eigenvalue weighted by Gasteiger charge is 2.47. The molecule has 2 aliphatic carbocycles. The monoisotopic (exact) mass is 583 g/mol. The largest absolute Gasteiger partial charge is 0.478 e. The molecule has 0 bridgehead atoms. The third-order valence-corrected chi connectivity index (χ3v) is 10.2. The number of anilines is 1. The quantitative estimate of drug-likeness (QED) is 0.237. The van der Waals surface area contributed by atoms with Crippen LogP contribution in [-0.2, 0) is 11.3 Å². The average molecular weight is 585 g/mol. The summed E-state index contributed by atoms with van der Waals surface area (Å²) in [6, 6.07) is 10.6. The molecule has 3 heterocycles. The van der Waals surface area contributed by atoms with E-state index in [1.165, 1.54) is 0 Å². The molecule has 2 aromatic carbocycles. The molecule has 7 rings (SSSR count). The van der Waals surface area contributed by atoms with Crippen molar-refractivity contribution in [3.05, 3.63) is 63.3 Å². The highest BCUT2D eigenvalue weighted by molar-refractivity contribution is 7.22. The van der Waals surface area contributed by atoms with Gasteiger partial charge in [0, 0.05) is 30.1 Å². The van der Waals surface area contributed by atoms with Crippen molar-refractivity contribution in [3.63, 3.8) is 0 Å². The average Bonchev–Trinajstić information content (AvgIpc) is 3.52. The van der Waals surface area contributed by atoms with E-state index in [1.807, 2.05) is 18.2 Å². The van der Waals surface area contributed by atoms with Crippen molar-refractivity contribution in [2.45, 2.75) is 57.2 Å². The molecule has 1 aliphatic heterocycles. The number of halogens is 2. The highest BCUT2D eigenvalue weighted by atomic mass is 35.5. The maximum atomic E-state index is 11.3. The minimum absolute atomic E-state index is 0.213. The molecule has 10 heteroatoms. The van der Waals surface area contributed by atoms with Crippen LogP contribution in [0.2, 0.25) is 10.0 Å². The molecule has 0 unspecified atom stereocenters. The molecule has 3 fully saturated rings. The van der Waals surface area contributed by atoms with Crippen LogP contribution in [0.3, 0.4) is 0 Å². The molecule has 1 N–H and O–H groups in total. The van der Waals surface area contributed by atoms with E-state index in [4.69, 9.17) is 37.4 Å². The maximum absolute atomic E-state index is 11.3. The van der Waals surface area contributed by atoms with Crippen LogP contribution in [-0.4, -0.2) is 40.4 Å². The molecule has 0 amide bonds. The summed E-state index contributed by atoms with van der Waals surface area (Å²) in [4.78, 5) is 18.4. The molecule has 3 aliphatic rings. The summed E-state index contributed by atoms with van der Waals surface area (Å²) in [5, 5.41) is 15.7. The lowest BCUT2D eigenvalue weighted by atomic mass is 9.61. The molecule has 0 atom stereocenters. The number of benzene rings is 2. The molecule has 4 aromatic rings. The molecule has 7 nitrogen and oxygen atoms in total. The predicted octanol–water partition coefficient (Wildman–Crippen LogP) is 7.80. The van der Waals surface area contributed by atoms with E-state index in [0.29, 0.717) is 44.8 Å². The van der Waals surface area contributed by atoms with Gasteiger partial charge in [-0.15, -0.1) is 0 Å². The number of hydrogen-bond acceptors (Lipinski definition) is 7. The van der Waals surface area contributed by atoms with Crippen molar-refractivity contribution >= 4 is 55.9 Å². The van der Waals surface area contributed by atoms with Gasteiger partial charge < -0.3 is 19.3 Å². The Morgan fingerprint density at radius 3 is 2.59 bits per heavy atom. The summed E-state index contributed by atoms with van der Waals surface area (Å²) in [6.45, 7) is 2.35. The number of carbonyl (C=O) groups is 1. The lowest BCUT2D eigenvalue weighted by Gasteiger charge is -2.51. The Labute approximate surface area is 239 Å². The fourth-order valence-electron chi connectivity index (χ4n) is 6.03. The number of carboxylic acids is 1. The minimum atomic E-state index is -0.912. The maximum Gasteiger partial charge on any atom is 0.335 e. The number of aromatic nitrogens is 2. The SMILES string of the molecule is O=C(O)c1ccc2nc(N3CCC4(CC3)CC(OCc3c(-c5c(Cl)cccc5Cl)noc3C3CC3)C4)sc2c1. The first-order valence-corrected chi connectivity index (χ1v) is 14.9. The molecular formula is C29H27Cl2N3O4S. The second-order valence-corrected chi connectivity index (χ2v) is 12.9. The van der Waals surface area contributed by atoms with Crippen LogP contribution >= 0.6 is 34.5 Å². The number of aromatic carboxylic acids is 1. The van der Waals surface area contributed by atoms with Crippen molar-refractivity contribution in [2.75, 3.05) is 18.0 Å². The number of rotatable bonds is 7. The van der Waals surface area contributed by atoms with E-state index >= 15 is 0 Å². The molecule has 0 radical (unpaired) electrons. The number of thiazole rings is 1. The van der Waals surface area contributed by atoms with Gasteiger partial charge in [-0.3, -0.25) is 0 Å². The van der Waals surface area contributed by atoms with Crippen LogP contribution < -0.4 is 4.90 Å². The Morgan fingerprint density at radius 2 is 1.90 bits per heavy atom. The van der Waals surface area contributed by atoms with Crippen molar-refractivity contribution < 1.29 is 19.2 Å². The summed E-state index contributed by atoms with van der Waals surface area (Å²) < 4.78 is 13.1. The minimum Gasteiger partial charge on any atom is -0.478 e. The normalized spacial score (nSPS) is 19.1. The predicted molar refractivity (Wildman–Crippen MR) is 152 cm³/mol. The van der Waals surface area contributed by atoms with E-state index < -0.39 is 5.97 Å². The third-order valence-electron chi connectivity index (χ3n) is 8.47. The molecule has 202 valence electrons. The van der Waals surface area contributed by atoms with Gasteiger partial charge in [0.05, 0.1) is 38.5 Å². The van der Waals surface area contributed by atoms with Gasteiger partial charge in [-0.25, -0.2) is 9.78 Å². The van der Waals surface area contributed by atoms with Gasteiger partial charge >= 0.3 is 5.97 Å². The first-order valence-electron chi connectivity index (χ1n) is 13.3. The van der Waals surface area contributed by atoms with Crippen LogP contribution in [0.15, 0.2) is 40.9 Å². The summed E-state index contributed by atoms with van der Waals surface area (Å²) in [6.07, 6.45) is 6.73. The van der Waals surface area contributed by atoms with Crippen molar-refractivity contribution in [2.24, 2.45) is 5.41 Å². The Morgan fingerprint density at radius 1 is 1.15 bits per heavy atom. The molecule has 2 aromatic heterocycles. The van der Waals surface area contributed by atoms with E-state index in [0.717, 1.165) is 78.3 Å². The second-order valence-electron chi connectivity index (χ2n) is 11.1. The zero-order chi connectivity index (χ0) is 26.7. The smallest absolute Gasteiger partial charge is 0.335 e. The Balaban J connectivity index is 0.988. The summed E-state index contributed by atoms with van der Waals surface area (Å²) in [5.74, 6) is 0.404. The van der Waals surface area contributed by atoms with Gasteiger partial charge in [0.25, 0.3) is 0 Å². The van der Waals surface area contributed by atoms with E-state index in [-0.39, 0.29) is 6.10 Å². The first-order chi connectivity index (χ1) is 18.9. The lowest BCUT2D eigenvalue weighted by Crippen LogP contribution is -2.50. The molecule has 1 saturated heterocycles. The van der Waals surface area contributed by atoms with Crippen LogP contribution in [0.1, 0.15) is 66.1 Å². The van der Waals surface area contributed by atoms with Crippen molar-refractivity contribution in [3.8, 4) is 11.3 Å². The number of piperidine rings is 1. The van der Waals surface area contributed by atoms with Crippen LogP contribution in [0.5, 0.6) is 0 Å². The van der Waals surface area contributed by atoms with Gasteiger partial charge in [0.15, 0.2) is 5.13 Å². The molecule has 39 heavy (non-hydrogen) atoms. The van der Waals surface area contributed by atoms with Gasteiger partial charge in [-0.2, -0.15) is 0 Å². The Hall–Kier alpha value is -2.65. The van der Waals surface area contributed by atoms with Crippen LogP contribution in [0.25, 0.3) is 21.5 Å². The standard InChI is InChI=1S/C29H27Cl2N3O4S/c30-20-2-1-3-21(31)24(20)25-19(26(38-33-25)16-4-5-16)15-37-18-13-29(14-18)8-10-34(11-9-29)28-32-22-7-6-17(27(35)36)12-23(22)39-28/h1-3,6-7,12,16,18H,4-5,8-11,13-15H2,(H,35,36). The first kappa shape index (κ1) is 25.3. The summed E-state index contributed by atoms with van der Waals surface area (Å²) in [5.41, 5.74) is 3.85. The highest BCUT2D eigenvalue weighted by Crippen LogP contribution is 2.52. The van der Waals surface area contributed by atoms with Crippen LogP contribution in [0, 0.1) is 5.41 Å². The van der Waals surface area contributed by atoms with Crippen LogP contribution in [0.4, 0.5) is 5.13 Å².